The van der Waals surface area contributed by atoms with Crippen LogP contribution in [0.25, 0.3) is 0 Å². The molecule has 0 atom stereocenters. The molecule has 0 fully saturated rings. The van der Waals surface area contributed by atoms with Crippen LogP contribution < -0.4 is 5.32 Å². The summed E-state index contributed by atoms with van der Waals surface area (Å²) in [6.45, 7) is 1.02. The van der Waals surface area contributed by atoms with E-state index in [1.165, 1.54) is 5.57 Å². The minimum Gasteiger partial charge on any atom is -0.319 e. The number of hydrogen-bond donors (Lipinski definition) is 1. The fraction of sp³-hybridized carbons (Fsp3) is 0.400. The van der Waals surface area contributed by atoms with Gasteiger partial charge in [0, 0.05) is 11.5 Å². The Morgan fingerprint density at radius 1 is 1.50 bits per heavy atom. The van der Waals surface area contributed by atoms with Crippen LogP contribution in [0.2, 0.25) is 0 Å². The van der Waals surface area contributed by atoms with Gasteiger partial charge in [-0.1, -0.05) is 29.8 Å². The topological polar surface area (TPSA) is 12.0 Å². The van der Waals surface area contributed by atoms with Gasteiger partial charge in [-0.25, -0.2) is 0 Å². The lowest BCUT2D eigenvalue weighted by atomic mass is 10.1. The molecule has 1 N–H and O–H groups in total. The Balaban J connectivity index is 2.52. The Morgan fingerprint density at radius 2 is 2.33 bits per heavy atom. The molecule has 0 saturated carbocycles. The predicted octanol–water partition coefficient (Wildman–Crippen LogP) is 2.60. The molecule has 0 aromatic rings. The summed E-state index contributed by atoms with van der Waals surface area (Å²) in [7, 11) is 1.96. The monoisotopic (exact) mass is 183 g/mol. The van der Waals surface area contributed by atoms with Gasteiger partial charge in [0.15, 0.2) is 0 Å². The molecule has 1 nitrogen and oxygen atoms in total. The van der Waals surface area contributed by atoms with Crippen LogP contribution in [-0.4, -0.2) is 13.6 Å². The molecule has 0 unspecified atom stereocenters. The number of halogens is 1. The third-order valence-corrected chi connectivity index (χ3v) is 2.07. The fourth-order valence-electron chi connectivity index (χ4n) is 1.08. The van der Waals surface area contributed by atoms with Crippen LogP contribution >= 0.6 is 11.6 Å². The van der Waals surface area contributed by atoms with Gasteiger partial charge in [-0.3, -0.25) is 0 Å². The zero-order valence-corrected chi connectivity index (χ0v) is 8.06. The van der Waals surface area contributed by atoms with Crippen molar-refractivity contribution in [1.29, 1.82) is 0 Å². The van der Waals surface area contributed by atoms with Crippen LogP contribution in [0, 0.1) is 0 Å². The zero-order chi connectivity index (χ0) is 8.81. The zero-order valence-electron chi connectivity index (χ0n) is 7.31. The highest BCUT2D eigenvalue weighted by Gasteiger charge is 1.95. The molecule has 1 rings (SSSR count). The molecule has 12 heavy (non-hydrogen) atoms. The molecule has 0 aliphatic heterocycles. The Kier molecular flexibility index (Phi) is 4.12. The predicted molar refractivity (Wildman–Crippen MR) is 54.3 cm³/mol. The summed E-state index contributed by atoms with van der Waals surface area (Å²) in [4.78, 5) is 0. The van der Waals surface area contributed by atoms with Crippen LogP contribution in [0.5, 0.6) is 0 Å². The second-order valence-electron chi connectivity index (χ2n) is 2.82. The van der Waals surface area contributed by atoms with E-state index < -0.39 is 0 Å². The number of nitrogens with one attached hydrogen (secondary N) is 1. The lowest BCUT2D eigenvalue weighted by molar-refractivity contribution is 0.794. The molecule has 0 radical (unpaired) electrons. The fourth-order valence-corrected chi connectivity index (χ4v) is 1.23. The number of rotatable bonds is 3. The highest BCUT2D eigenvalue weighted by Crippen LogP contribution is 2.15. The van der Waals surface area contributed by atoms with Gasteiger partial charge in [0.1, 0.15) is 0 Å². The highest BCUT2D eigenvalue weighted by atomic mass is 35.5. The van der Waals surface area contributed by atoms with Gasteiger partial charge in [0.2, 0.25) is 0 Å². The lowest BCUT2D eigenvalue weighted by Crippen LogP contribution is -2.07. The van der Waals surface area contributed by atoms with Crippen molar-refractivity contribution >= 4 is 11.6 Å². The van der Waals surface area contributed by atoms with Crippen molar-refractivity contribution in [3.05, 3.63) is 34.9 Å². The molecule has 0 aromatic heterocycles. The Labute approximate surface area is 78.8 Å². The van der Waals surface area contributed by atoms with E-state index in [-0.39, 0.29) is 0 Å². The maximum absolute atomic E-state index is 5.87. The first-order valence-corrected chi connectivity index (χ1v) is 4.57. The summed E-state index contributed by atoms with van der Waals surface area (Å²) in [6, 6.07) is 0. The maximum atomic E-state index is 5.87. The summed E-state index contributed by atoms with van der Waals surface area (Å²) in [6.07, 6.45) is 10.2. The van der Waals surface area contributed by atoms with Gasteiger partial charge >= 0.3 is 0 Å². The molecule has 2 heteroatoms. The Hall–Kier alpha value is -0.530. The highest BCUT2D eigenvalue weighted by molar-refractivity contribution is 6.29. The van der Waals surface area contributed by atoms with Gasteiger partial charge in [-0.15, -0.1) is 0 Å². The van der Waals surface area contributed by atoms with E-state index in [1.54, 1.807) is 0 Å². The van der Waals surface area contributed by atoms with E-state index in [9.17, 15) is 0 Å². The summed E-state index contributed by atoms with van der Waals surface area (Å²) >= 11 is 5.87. The van der Waals surface area contributed by atoms with Gasteiger partial charge < -0.3 is 5.32 Å². The molecular formula is C10H14ClN. The first kappa shape index (κ1) is 9.56. The van der Waals surface area contributed by atoms with E-state index in [0.29, 0.717) is 0 Å². The van der Waals surface area contributed by atoms with Crippen molar-refractivity contribution in [3.63, 3.8) is 0 Å². The average Bonchev–Trinajstić information content (AvgIpc) is 2.27. The lowest BCUT2D eigenvalue weighted by Gasteiger charge is -1.98. The van der Waals surface area contributed by atoms with E-state index in [0.717, 1.165) is 24.4 Å². The van der Waals surface area contributed by atoms with Gasteiger partial charge in [-0.2, -0.15) is 0 Å². The van der Waals surface area contributed by atoms with E-state index >= 15 is 0 Å². The number of hydrogen-bond acceptors (Lipinski definition) is 1. The largest absolute Gasteiger partial charge is 0.319 e. The molecular weight excluding hydrogens is 170 g/mol. The molecule has 0 bridgehead atoms. The van der Waals surface area contributed by atoms with Crippen molar-refractivity contribution in [3.8, 4) is 0 Å². The van der Waals surface area contributed by atoms with Crippen molar-refractivity contribution in [2.75, 3.05) is 13.6 Å². The third-order valence-electron chi connectivity index (χ3n) is 1.79. The van der Waals surface area contributed by atoms with Crippen molar-refractivity contribution in [1.82, 2.24) is 5.32 Å². The Morgan fingerprint density at radius 3 is 3.08 bits per heavy atom. The molecule has 0 spiro atoms. The summed E-state index contributed by atoms with van der Waals surface area (Å²) in [5.41, 5.74) is 1.33. The quantitative estimate of drug-likeness (QED) is 0.710. The average molecular weight is 184 g/mol. The van der Waals surface area contributed by atoms with E-state index in [4.69, 9.17) is 11.6 Å². The molecule has 0 saturated heterocycles. The van der Waals surface area contributed by atoms with Crippen molar-refractivity contribution in [2.45, 2.75) is 12.8 Å². The summed E-state index contributed by atoms with van der Waals surface area (Å²) in [5, 5.41) is 4.03. The Bertz CT molecular complexity index is 226. The summed E-state index contributed by atoms with van der Waals surface area (Å²) in [5.74, 6) is 0. The van der Waals surface area contributed by atoms with Crippen LogP contribution in [-0.2, 0) is 0 Å². The van der Waals surface area contributed by atoms with Crippen LogP contribution in [0.1, 0.15) is 12.8 Å². The molecule has 1 aliphatic rings. The molecule has 66 valence electrons. The standard InChI is InChI=1S/C10H14ClN/c1-12-8-7-9-3-2-4-10(11)6-5-9/h2-3,5-6,12H,4,7-8H2,1H3. The molecule has 0 heterocycles. The second kappa shape index (κ2) is 5.18. The smallest absolute Gasteiger partial charge is 0.0218 e. The SMILES string of the molecule is CNCCC1=CC=C(Cl)CC=C1. The normalized spacial score (nSPS) is 16.8. The number of allylic oxidation sites excluding steroid dienone is 5. The minimum absolute atomic E-state index is 0.862. The molecule has 1 aliphatic carbocycles. The molecule has 0 amide bonds. The third kappa shape index (κ3) is 3.24. The van der Waals surface area contributed by atoms with E-state index in [2.05, 4.69) is 23.5 Å². The first-order chi connectivity index (χ1) is 5.83. The summed E-state index contributed by atoms with van der Waals surface area (Å²) < 4.78 is 0. The van der Waals surface area contributed by atoms with Gasteiger partial charge in [0.25, 0.3) is 0 Å². The van der Waals surface area contributed by atoms with E-state index in [1.807, 2.05) is 13.1 Å². The maximum Gasteiger partial charge on any atom is 0.0218 e. The minimum atomic E-state index is 0.862. The van der Waals surface area contributed by atoms with Gasteiger partial charge in [-0.05, 0) is 31.7 Å². The van der Waals surface area contributed by atoms with Crippen molar-refractivity contribution < 1.29 is 0 Å². The molecule has 0 aromatic carbocycles. The van der Waals surface area contributed by atoms with Crippen LogP contribution in [0.3, 0.4) is 0 Å². The van der Waals surface area contributed by atoms with Crippen LogP contribution in [0.15, 0.2) is 34.9 Å². The first-order valence-electron chi connectivity index (χ1n) is 4.19. The van der Waals surface area contributed by atoms with Crippen molar-refractivity contribution in [2.24, 2.45) is 0 Å². The van der Waals surface area contributed by atoms with Gasteiger partial charge in [0.05, 0.1) is 0 Å². The second-order valence-corrected chi connectivity index (χ2v) is 3.30. The van der Waals surface area contributed by atoms with Crippen LogP contribution in [0.4, 0.5) is 0 Å².